The van der Waals surface area contributed by atoms with Gasteiger partial charge in [-0.1, -0.05) is 41.5 Å². The quantitative estimate of drug-likeness (QED) is 0.519. The second kappa shape index (κ2) is 7.63. The van der Waals surface area contributed by atoms with Crippen LogP contribution in [-0.4, -0.2) is 47.0 Å². The van der Waals surface area contributed by atoms with Gasteiger partial charge in [-0.05, 0) is 84.5 Å². The molecular weight excluding hydrogens is 424 g/mol. The summed E-state index contributed by atoms with van der Waals surface area (Å²) in [5.41, 5.74) is 2.54. The number of likely N-dealkylation sites (tertiary alicyclic amines) is 2. The van der Waals surface area contributed by atoms with Crippen molar-refractivity contribution in [2.45, 2.75) is 92.2 Å². The van der Waals surface area contributed by atoms with Crippen LogP contribution in [0.5, 0.6) is 0 Å². The number of urea groups is 2. The summed E-state index contributed by atoms with van der Waals surface area (Å²) < 4.78 is 0. The first-order valence-electron chi connectivity index (χ1n) is 13.0. The molecule has 4 bridgehead atoms. The topological polar surface area (TPSA) is 64.7 Å². The van der Waals surface area contributed by atoms with E-state index in [0.29, 0.717) is 12.1 Å². The minimum Gasteiger partial charge on any atom is -0.321 e. The van der Waals surface area contributed by atoms with Crippen molar-refractivity contribution in [3.63, 3.8) is 0 Å². The number of anilines is 2. The molecule has 0 radical (unpaired) electrons. The van der Waals surface area contributed by atoms with E-state index in [0.717, 1.165) is 50.1 Å². The molecule has 1 aromatic rings. The molecule has 2 saturated heterocycles. The molecule has 2 saturated carbocycles. The van der Waals surface area contributed by atoms with E-state index in [1.165, 1.54) is 12.8 Å². The van der Waals surface area contributed by atoms with Gasteiger partial charge in [0.05, 0.1) is 0 Å². The Labute approximate surface area is 204 Å². The minimum atomic E-state index is -0.0107. The van der Waals surface area contributed by atoms with Crippen LogP contribution in [0.4, 0.5) is 21.0 Å². The van der Waals surface area contributed by atoms with Gasteiger partial charge in [-0.25, -0.2) is 9.59 Å². The van der Waals surface area contributed by atoms with E-state index in [2.05, 4.69) is 52.2 Å². The molecule has 4 aliphatic rings. The number of fused-ring (bicyclic) bond motifs is 4. The summed E-state index contributed by atoms with van der Waals surface area (Å²) in [6.45, 7) is 15.6. The Morgan fingerprint density at radius 1 is 0.676 bits per heavy atom. The first kappa shape index (κ1) is 23.5. The molecule has 2 aliphatic carbocycles. The van der Waals surface area contributed by atoms with E-state index >= 15 is 0 Å². The summed E-state index contributed by atoms with van der Waals surface area (Å²) in [5, 5.41) is 6.17. The first-order valence-corrected chi connectivity index (χ1v) is 13.0. The number of nitrogens with zero attached hydrogens (tertiary/aromatic N) is 2. The number of hydrogen-bond donors (Lipinski definition) is 2. The fourth-order valence-corrected chi connectivity index (χ4v) is 8.42. The number of rotatable bonds is 2. The number of carbonyl (C=O) groups is 2. The lowest BCUT2D eigenvalue weighted by molar-refractivity contribution is 0.129. The number of benzene rings is 1. The molecule has 186 valence electrons. The largest absolute Gasteiger partial charge is 0.322 e. The van der Waals surface area contributed by atoms with E-state index in [1.807, 2.05) is 34.1 Å². The van der Waals surface area contributed by atoms with Gasteiger partial charge in [-0.3, -0.25) is 0 Å². The van der Waals surface area contributed by atoms with E-state index in [-0.39, 0.29) is 33.7 Å². The van der Waals surface area contributed by atoms with Crippen molar-refractivity contribution in [3.8, 4) is 0 Å². The Morgan fingerprint density at radius 2 is 1.03 bits per heavy atom. The molecule has 4 fully saturated rings. The zero-order valence-electron chi connectivity index (χ0n) is 21.8. The van der Waals surface area contributed by atoms with Crippen molar-refractivity contribution < 1.29 is 9.59 Å². The zero-order chi connectivity index (χ0) is 24.5. The lowest BCUT2D eigenvalue weighted by atomic mass is 9.65. The predicted octanol–water partition coefficient (Wildman–Crippen LogP) is 6.55. The lowest BCUT2D eigenvalue weighted by Gasteiger charge is -2.39. The van der Waals surface area contributed by atoms with Gasteiger partial charge in [0.15, 0.2) is 0 Å². The second-order valence-electron chi connectivity index (χ2n) is 14.1. The zero-order valence-corrected chi connectivity index (χ0v) is 21.8. The summed E-state index contributed by atoms with van der Waals surface area (Å²) in [6.07, 6.45) is 6.67. The van der Waals surface area contributed by atoms with E-state index < -0.39 is 0 Å². The van der Waals surface area contributed by atoms with E-state index in [1.54, 1.807) is 0 Å². The molecular formula is C28H42N4O2. The second-order valence-corrected chi connectivity index (χ2v) is 14.1. The van der Waals surface area contributed by atoms with Gasteiger partial charge in [0.2, 0.25) is 0 Å². The standard InChI is InChI=1S/C28H42N4O2/c1-25(2)11-21-13-27(5,15-25)17-31(21)23(33)29-19-7-9-20(10-8-19)30-24(34)32-18-28(6)14-22(32)12-26(3,4)16-28/h7-10,21-22H,11-18H2,1-6H3,(H,29,33)(H,30,34)/t21-,22-,27-,28+/m0/s1. The summed E-state index contributed by atoms with van der Waals surface area (Å²) in [5.74, 6) is 0. The van der Waals surface area contributed by atoms with Crippen LogP contribution in [-0.2, 0) is 0 Å². The van der Waals surface area contributed by atoms with Crippen LogP contribution in [0.1, 0.15) is 80.1 Å². The Morgan fingerprint density at radius 3 is 1.38 bits per heavy atom. The minimum absolute atomic E-state index is 0.0107. The summed E-state index contributed by atoms with van der Waals surface area (Å²) in [4.78, 5) is 30.2. The number of amides is 4. The van der Waals surface area contributed by atoms with Gasteiger partial charge in [0.25, 0.3) is 0 Å². The molecule has 0 aromatic heterocycles. The number of nitrogens with one attached hydrogen (secondary N) is 2. The van der Waals surface area contributed by atoms with Gasteiger partial charge >= 0.3 is 12.1 Å². The maximum absolute atomic E-state index is 13.1. The van der Waals surface area contributed by atoms with E-state index in [4.69, 9.17) is 0 Å². The van der Waals surface area contributed by atoms with Gasteiger partial charge in [-0.2, -0.15) is 0 Å². The van der Waals surface area contributed by atoms with Crippen molar-refractivity contribution in [2.24, 2.45) is 21.7 Å². The highest BCUT2D eigenvalue weighted by molar-refractivity contribution is 5.92. The maximum Gasteiger partial charge on any atom is 0.322 e. The summed E-state index contributed by atoms with van der Waals surface area (Å²) in [7, 11) is 0. The fraction of sp³-hybridized carbons (Fsp3) is 0.714. The Balaban J connectivity index is 1.19. The van der Waals surface area contributed by atoms with Gasteiger partial charge in [-0.15, -0.1) is 0 Å². The third kappa shape index (κ3) is 4.52. The molecule has 0 unspecified atom stereocenters. The number of carbonyl (C=O) groups excluding carboxylic acids is 2. The van der Waals surface area contributed by atoms with E-state index in [9.17, 15) is 9.59 Å². The lowest BCUT2D eigenvalue weighted by Crippen LogP contribution is -2.40. The number of hydrogen-bond acceptors (Lipinski definition) is 2. The molecule has 5 rings (SSSR count). The highest BCUT2D eigenvalue weighted by Crippen LogP contribution is 2.53. The SMILES string of the molecule is CC1(C)C[C@H]2C[C@@](C)(CN2C(=O)Nc2ccc(NC(=O)N3C[C@@]4(C)C[C@@H]3CC(C)(C)C4)cc2)C1. The predicted molar refractivity (Wildman–Crippen MR) is 137 cm³/mol. The molecule has 4 atom stereocenters. The molecule has 2 heterocycles. The average molecular weight is 467 g/mol. The van der Waals surface area contributed by atoms with Crippen LogP contribution in [0, 0.1) is 21.7 Å². The van der Waals surface area contributed by atoms with Gasteiger partial charge in [0, 0.05) is 36.5 Å². The Kier molecular flexibility index (Phi) is 5.27. The smallest absolute Gasteiger partial charge is 0.321 e. The maximum atomic E-state index is 13.1. The van der Waals surface area contributed by atoms with Crippen molar-refractivity contribution in [1.82, 2.24) is 9.80 Å². The summed E-state index contributed by atoms with van der Waals surface area (Å²) >= 11 is 0. The molecule has 0 spiro atoms. The highest BCUT2D eigenvalue weighted by atomic mass is 16.2. The molecule has 2 N–H and O–H groups in total. The average Bonchev–Trinajstić information content (AvgIpc) is 3.09. The third-order valence-corrected chi connectivity index (χ3v) is 8.74. The molecule has 34 heavy (non-hydrogen) atoms. The normalized spacial score (nSPS) is 35.2. The van der Waals surface area contributed by atoms with Crippen molar-refractivity contribution in [3.05, 3.63) is 24.3 Å². The van der Waals surface area contributed by atoms with Gasteiger partial charge < -0.3 is 20.4 Å². The van der Waals surface area contributed by atoms with Crippen LogP contribution in [0.2, 0.25) is 0 Å². The van der Waals surface area contributed by atoms with Gasteiger partial charge in [0.1, 0.15) is 0 Å². The van der Waals surface area contributed by atoms with Crippen LogP contribution in [0.25, 0.3) is 0 Å². The third-order valence-electron chi connectivity index (χ3n) is 8.74. The first-order chi connectivity index (χ1) is 15.7. The Hall–Kier alpha value is -2.24. The fourth-order valence-electron chi connectivity index (χ4n) is 8.42. The molecule has 6 heteroatoms. The molecule has 1 aromatic carbocycles. The molecule has 6 nitrogen and oxygen atoms in total. The van der Waals surface area contributed by atoms with Crippen LogP contribution >= 0.6 is 0 Å². The van der Waals surface area contributed by atoms with Crippen molar-refractivity contribution >= 4 is 23.4 Å². The van der Waals surface area contributed by atoms with Crippen LogP contribution in [0.3, 0.4) is 0 Å². The Bertz CT molecular complexity index is 908. The molecule has 4 amide bonds. The van der Waals surface area contributed by atoms with Crippen LogP contribution in [0.15, 0.2) is 24.3 Å². The molecule has 2 aliphatic heterocycles. The van der Waals surface area contributed by atoms with Crippen molar-refractivity contribution in [1.29, 1.82) is 0 Å². The van der Waals surface area contributed by atoms with Crippen LogP contribution < -0.4 is 10.6 Å². The van der Waals surface area contributed by atoms with Crippen molar-refractivity contribution in [2.75, 3.05) is 23.7 Å². The monoisotopic (exact) mass is 466 g/mol. The highest BCUT2D eigenvalue weighted by Gasteiger charge is 2.52. The summed E-state index contributed by atoms with van der Waals surface area (Å²) in [6, 6.07) is 8.15.